The average Bonchev–Trinajstić information content (AvgIpc) is 2.30. The molecule has 1 rings (SSSR count). The van der Waals surface area contributed by atoms with Crippen LogP contribution in [0.5, 0.6) is 0 Å². The number of nitrogens with one attached hydrogen (secondary N) is 1. The fourth-order valence-electron chi connectivity index (χ4n) is 1.07. The lowest BCUT2D eigenvalue weighted by Crippen LogP contribution is -2.36. The molecule has 1 heterocycles. The van der Waals surface area contributed by atoms with Gasteiger partial charge in [0, 0.05) is 29.2 Å². The summed E-state index contributed by atoms with van der Waals surface area (Å²) >= 11 is 3.14. The Labute approximate surface area is 115 Å². The van der Waals surface area contributed by atoms with E-state index in [0.29, 0.717) is 4.47 Å². The fraction of sp³-hybridized carbons (Fsp3) is 0.500. The Kier molecular flexibility index (Phi) is 4.71. The van der Waals surface area contributed by atoms with Crippen molar-refractivity contribution in [2.75, 3.05) is 18.9 Å². The van der Waals surface area contributed by atoms with Crippen molar-refractivity contribution in [2.24, 2.45) is 5.41 Å². The van der Waals surface area contributed by atoms with Crippen molar-refractivity contribution in [3.8, 4) is 0 Å². The minimum Gasteiger partial charge on any atom is -0.396 e. The molecule has 18 heavy (non-hydrogen) atoms. The van der Waals surface area contributed by atoms with Gasteiger partial charge >= 0.3 is 0 Å². The number of nitrogen functional groups attached to an aromatic ring is 1. The van der Waals surface area contributed by atoms with Gasteiger partial charge in [-0.05, 0) is 22.0 Å². The summed E-state index contributed by atoms with van der Waals surface area (Å²) in [4.78, 5) is 3.69. The standard InChI is InChI=1S/C10H16BrN3O3S/c1-10(2,6-15)5-14-18(16,17)8-3-7(11)4-13-9(8)12/h3-4,14-15H,5-6H2,1-2H3,(H2,12,13). The van der Waals surface area contributed by atoms with Crippen LogP contribution in [0.15, 0.2) is 21.6 Å². The molecule has 6 nitrogen and oxygen atoms in total. The zero-order valence-corrected chi connectivity index (χ0v) is 12.5. The number of rotatable bonds is 5. The smallest absolute Gasteiger partial charge is 0.244 e. The molecule has 0 aromatic carbocycles. The summed E-state index contributed by atoms with van der Waals surface area (Å²) in [7, 11) is -3.74. The highest BCUT2D eigenvalue weighted by atomic mass is 79.9. The van der Waals surface area contributed by atoms with Crippen molar-refractivity contribution in [3.05, 3.63) is 16.7 Å². The van der Waals surface area contributed by atoms with Crippen molar-refractivity contribution in [1.82, 2.24) is 9.71 Å². The first kappa shape index (κ1) is 15.4. The Morgan fingerprint density at radius 2 is 2.17 bits per heavy atom. The van der Waals surface area contributed by atoms with Crippen molar-refractivity contribution in [2.45, 2.75) is 18.7 Å². The molecule has 0 aliphatic rings. The molecule has 1 aromatic heterocycles. The quantitative estimate of drug-likeness (QED) is 0.734. The second kappa shape index (κ2) is 5.52. The zero-order chi connectivity index (χ0) is 14.0. The maximum Gasteiger partial charge on any atom is 0.244 e. The van der Waals surface area contributed by atoms with Gasteiger partial charge < -0.3 is 10.8 Å². The van der Waals surface area contributed by atoms with Gasteiger partial charge in [-0.1, -0.05) is 13.8 Å². The van der Waals surface area contributed by atoms with Crippen LogP contribution in [0.3, 0.4) is 0 Å². The number of nitrogens with two attached hydrogens (primary N) is 1. The molecule has 0 unspecified atom stereocenters. The molecular formula is C10H16BrN3O3S. The van der Waals surface area contributed by atoms with Crippen LogP contribution in [0.25, 0.3) is 0 Å². The summed E-state index contributed by atoms with van der Waals surface area (Å²) in [6.07, 6.45) is 1.42. The predicted octanol–water partition coefficient (Wildman–Crippen LogP) is 0.723. The van der Waals surface area contributed by atoms with Gasteiger partial charge in [0.25, 0.3) is 0 Å². The molecule has 0 spiro atoms. The van der Waals surface area contributed by atoms with Gasteiger partial charge in [-0.3, -0.25) is 0 Å². The van der Waals surface area contributed by atoms with Crippen LogP contribution in [0, 0.1) is 5.41 Å². The lowest BCUT2D eigenvalue weighted by Gasteiger charge is -2.21. The van der Waals surface area contributed by atoms with Crippen LogP contribution in [-0.2, 0) is 10.0 Å². The Bertz CT molecular complexity index is 531. The number of aliphatic hydroxyl groups is 1. The van der Waals surface area contributed by atoms with Gasteiger partial charge in [0.2, 0.25) is 10.0 Å². The highest BCUT2D eigenvalue weighted by Crippen LogP contribution is 2.21. The lowest BCUT2D eigenvalue weighted by molar-refractivity contribution is 0.163. The Morgan fingerprint density at radius 1 is 1.56 bits per heavy atom. The number of aromatic nitrogens is 1. The Balaban J connectivity index is 2.97. The van der Waals surface area contributed by atoms with E-state index < -0.39 is 15.4 Å². The van der Waals surface area contributed by atoms with Crippen LogP contribution in [-0.4, -0.2) is 31.7 Å². The summed E-state index contributed by atoms with van der Waals surface area (Å²) in [5.74, 6) is -0.0625. The predicted molar refractivity (Wildman–Crippen MR) is 72.4 cm³/mol. The Hall–Kier alpha value is -0.700. The van der Waals surface area contributed by atoms with Gasteiger partial charge in [0.15, 0.2) is 0 Å². The van der Waals surface area contributed by atoms with E-state index in [2.05, 4.69) is 25.6 Å². The van der Waals surface area contributed by atoms with Crippen molar-refractivity contribution in [3.63, 3.8) is 0 Å². The molecule has 0 fully saturated rings. The normalized spacial score (nSPS) is 12.7. The van der Waals surface area contributed by atoms with Gasteiger partial charge in [-0.15, -0.1) is 0 Å². The zero-order valence-electron chi connectivity index (χ0n) is 10.1. The molecule has 0 radical (unpaired) electrons. The number of pyridine rings is 1. The molecule has 102 valence electrons. The van der Waals surface area contributed by atoms with Crippen LogP contribution in [0.2, 0.25) is 0 Å². The van der Waals surface area contributed by atoms with Gasteiger partial charge in [0.1, 0.15) is 10.7 Å². The molecule has 0 aliphatic heterocycles. The van der Waals surface area contributed by atoms with E-state index in [1.165, 1.54) is 12.3 Å². The first-order valence-electron chi connectivity index (χ1n) is 5.19. The summed E-state index contributed by atoms with van der Waals surface area (Å²) in [5, 5.41) is 9.08. The number of nitrogens with zero attached hydrogens (tertiary/aromatic N) is 1. The molecule has 8 heteroatoms. The van der Waals surface area contributed by atoms with E-state index in [1.54, 1.807) is 13.8 Å². The first-order valence-corrected chi connectivity index (χ1v) is 7.47. The van der Waals surface area contributed by atoms with Crippen LogP contribution in [0.4, 0.5) is 5.82 Å². The minimum atomic E-state index is -3.74. The second-order valence-corrected chi connectivity index (χ2v) is 7.33. The average molecular weight is 338 g/mol. The first-order chi connectivity index (χ1) is 8.18. The van der Waals surface area contributed by atoms with E-state index in [-0.39, 0.29) is 23.9 Å². The number of aliphatic hydroxyl groups excluding tert-OH is 1. The summed E-state index contributed by atoms with van der Waals surface area (Å²) in [6.45, 7) is 3.48. The molecule has 0 amide bonds. The number of hydrogen-bond acceptors (Lipinski definition) is 5. The Morgan fingerprint density at radius 3 is 2.72 bits per heavy atom. The largest absolute Gasteiger partial charge is 0.396 e. The molecular weight excluding hydrogens is 322 g/mol. The molecule has 0 atom stereocenters. The molecule has 0 saturated carbocycles. The molecule has 0 aliphatic carbocycles. The van der Waals surface area contributed by atoms with E-state index in [4.69, 9.17) is 10.8 Å². The highest BCUT2D eigenvalue weighted by molar-refractivity contribution is 9.10. The third-order valence-electron chi connectivity index (χ3n) is 2.31. The van der Waals surface area contributed by atoms with Crippen molar-refractivity contribution < 1.29 is 13.5 Å². The third kappa shape index (κ3) is 3.91. The van der Waals surface area contributed by atoms with Crippen LogP contribution >= 0.6 is 15.9 Å². The minimum absolute atomic E-state index is 0.0625. The number of sulfonamides is 1. The molecule has 0 bridgehead atoms. The van der Waals surface area contributed by atoms with Crippen LogP contribution in [0.1, 0.15) is 13.8 Å². The van der Waals surface area contributed by atoms with Crippen molar-refractivity contribution in [1.29, 1.82) is 0 Å². The lowest BCUT2D eigenvalue weighted by atomic mass is 9.96. The maximum absolute atomic E-state index is 12.0. The number of halogens is 1. The van der Waals surface area contributed by atoms with Gasteiger partial charge in [-0.2, -0.15) is 0 Å². The van der Waals surface area contributed by atoms with E-state index in [9.17, 15) is 8.42 Å². The molecule has 4 N–H and O–H groups in total. The maximum atomic E-state index is 12.0. The summed E-state index contributed by atoms with van der Waals surface area (Å²) < 4.78 is 27.0. The highest BCUT2D eigenvalue weighted by Gasteiger charge is 2.23. The third-order valence-corrected chi connectivity index (χ3v) is 4.17. The van der Waals surface area contributed by atoms with Crippen LogP contribution < -0.4 is 10.5 Å². The number of anilines is 1. The fourth-order valence-corrected chi connectivity index (χ4v) is 2.90. The van der Waals surface area contributed by atoms with Gasteiger partial charge in [0.05, 0.1) is 0 Å². The topological polar surface area (TPSA) is 105 Å². The number of hydrogen-bond donors (Lipinski definition) is 3. The molecule has 1 aromatic rings. The van der Waals surface area contributed by atoms with Gasteiger partial charge in [-0.25, -0.2) is 18.1 Å². The second-order valence-electron chi connectivity index (χ2n) is 4.68. The van der Waals surface area contributed by atoms with E-state index in [0.717, 1.165) is 0 Å². The monoisotopic (exact) mass is 337 g/mol. The van der Waals surface area contributed by atoms with E-state index in [1.807, 2.05) is 0 Å². The summed E-state index contributed by atoms with van der Waals surface area (Å²) in [6, 6.07) is 1.39. The summed E-state index contributed by atoms with van der Waals surface area (Å²) in [5.41, 5.74) is 5.01. The van der Waals surface area contributed by atoms with Crippen molar-refractivity contribution >= 4 is 31.8 Å². The molecule has 0 saturated heterocycles. The SMILES string of the molecule is CC(C)(CO)CNS(=O)(=O)c1cc(Br)cnc1N. The van der Waals surface area contributed by atoms with E-state index >= 15 is 0 Å².